The summed E-state index contributed by atoms with van der Waals surface area (Å²) in [6.07, 6.45) is 0.694. The summed E-state index contributed by atoms with van der Waals surface area (Å²) in [4.78, 5) is 0. The SMILES string of the molecule is Fc1cc(F)c([C@H]2CCN2)c(F)c1. The first-order valence-electron chi connectivity index (χ1n) is 4.06. The van der Waals surface area contributed by atoms with Crippen molar-refractivity contribution in [1.29, 1.82) is 0 Å². The molecule has 0 aromatic heterocycles. The van der Waals surface area contributed by atoms with Crippen molar-refractivity contribution < 1.29 is 13.2 Å². The maximum Gasteiger partial charge on any atom is 0.133 e. The lowest BCUT2D eigenvalue weighted by Crippen LogP contribution is -2.36. The van der Waals surface area contributed by atoms with Gasteiger partial charge in [-0.05, 0) is 13.0 Å². The number of nitrogens with one attached hydrogen (secondary N) is 1. The monoisotopic (exact) mass is 187 g/mol. The van der Waals surface area contributed by atoms with E-state index >= 15 is 0 Å². The third-order valence-electron chi connectivity index (χ3n) is 2.22. The fraction of sp³-hybridized carbons (Fsp3) is 0.333. The Morgan fingerprint density at radius 3 is 2.08 bits per heavy atom. The standard InChI is InChI=1S/C9H8F3N/c10-5-3-6(11)9(7(12)4-5)8-1-2-13-8/h3-4,8,13H,1-2H2/t8-/m1/s1. The van der Waals surface area contributed by atoms with E-state index in [4.69, 9.17) is 0 Å². The fourth-order valence-electron chi connectivity index (χ4n) is 1.42. The summed E-state index contributed by atoms with van der Waals surface area (Å²) in [5.41, 5.74) is -0.0485. The highest BCUT2D eigenvalue weighted by Gasteiger charge is 2.25. The molecule has 0 bridgehead atoms. The van der Waals surface area contributed by atoms with E-state index in [1.54, 1.807) is 0 Å². The van der Waals surface area contributed by atoms with Gasteiger partial charge < -0.3 is 5.32 Å². The molecule has 1 saturated heterocycles. The van der Waals surface area contributed by atoms with Crippen LogP contribution in [0, 0.1) is 17.5 Å². The molecular formula is C9H8F3N. The van der Waals surface area contributed by atoms with Crippen LogP contribution in [-0.2, 0) is 0 Å². The molecule has 0 amide bonds. The van der Waals surface area contributed by atoms with Gasteiger partial charge in [-0.3, -0.25) is 0 Å². The van der Waals surface area contributed by atoms with Gasteiger partial charge in [0.2, 0.25) is 0 Å². The lowest BCUT2D eigenvalue weighted by atomic mass is 9.97. The molecule has 2 rings (SSSR count). The molecule has 1 heterocycles. The van der Waals surface area contributed by atoms with Crippen LogP contribution in [0.25, 0.3) is 0 Å². The van der Waals surface area contributed by atoms with Crippen molar-refractivity contribution in [3.8, 4) is 0 Å². The van der Waals surface area contributed by atoms with Crippen molar-refractivity contribution in [2.75, 3.05) is 6.54 Å². The van der Waals surface area contributed by atoms with Gasteiger partial charge in [-0.15, -0.1) is 0 Å². The molecule has 13 heavy (non-hydrogen) atoms. The largest absolute Gasteiger partial charge is 0.310 e. The summed E-state index contributed by atoms with van der Waals surface area (Å²) in [5, 5.41) is 2.86. The molecule has 0 saturated carbocycles. The van der Waals surface area contributed by atoms with Crippen molar-refractivity contribution in [3.05, 3.63) is 35.1 Å². The van der Waals surface area contributed by atoms with Crippen LogP contribution in [-0.4, -0.2) is 6.54 Å². The van der Waals surface area contributed by atoms with Crippen molar-refractivity contribution in [2.45, 2.75) is 12.5 Å². The second-order valence-electron chi connectivity index (χ2n) is 3.08. The second kappa shape index (κ2) is 3.03. The number of benzene rings is 1. The van der Waals surface area contributed by atoms with Gasteiger partial charge in [0, 0.05) is 23.7 Å². The second-order valence-corrected chi connectivity index (χ2v) is 3.08. The summed E-state index contributed by atoms with van der Waals surface area (Å²) in [5.74, 6) is -2.50. The van der Waals surface area contributed by atoms with Crippen LogP contribution < -0.4 is 5.32 Å². The highest BCUT2D eigenvalue weighted by Crippen LogP contribution is 2.28. The molecular weight excluding hydrogens is 179 g/mol. The summed E-state index contributed by atoms with van der Waals surface area (Å²) in [7, 11) is 0. The summed E-state index contributed by atoms with van der Waals surface area (Å²) in [6.45, 7) is 0.751. The van der Waals surface area contributed by atoms with E-state index in [0.29, 0.717) is 18.6 Å². The molecule has 1 atom stereocenters. The van der Waals surface area contributed by atoms with Crippen LogP contribution in [0.1, 0.15) is 18.0 Å². The Kier molecular flexibility index (Phi) is 2.00. The third kappa shape index (κ3) is 1.42. The first-order chi connectivity index (χ1) is 6.18. The van der Waals surface area contributed by atoms with Gasteiger partial charge in [0.25, 0.3) is 0 Å². The zero-order valence-corrected chi connectivity index (χ0v) is 6.78. The molecule has 0 unspecified atom stereocenters. The number of rotatable bonds is 1. The van der Waals surface area contributed by atoms with E-state index in [9.17, 15) is 13.2 Å². The maximum absolute atomic E-state index is 13.1. The average Bonchev–Trinajstić information content (AvgIpc) is 1.92. The quantitative estimate of drug-likeness (QED) is 0.710. The van der Waals surface area contributed by atoms with Crippen LogP contribution in [0.4, 0.5) is 13.2 Å². The molecule has 1 aliphatic rings. The predicted octanol–water partition coefficient (Wildman–Crippen LogP) is 2.14. The molecule has 0 radical (unpaired) electrons. The van der Waals surface area contributed by atoms with E-state index in [-0.39, 0.29) is 11.6 Å². The minimum atomic E-state index is -0.877. The van der Waals surface area contributed by atoms with E-state index in [1.807, 2.05) is 0 Å². The van der Waals surface area contributed by atoms with Crippen molar-refractivity contribution in [1.82, 2.24) is 5.32 Å². The van der Waals surface area contributed by atoms with Crippen LogP contribution in [0.15, 0.2) is 12.1 Å². The molecule has 1 aromatic carbocycles. The van der Waals surface area contributed by atoms with Crippen LogP contribution in [0.2, 0.25) is 0 Å². The van der Waals surface area contributed by atoms with E-state index in [1.165, 1.54) is 0 Å². The Labute approximate surface area is 73.6 Å². The molecule has 4 heteroatoms. The minimum absolute atomic E-state index is 0.0485. The average molecular weight is 187 g/mol. The van der Waals surface area contributed by atoms with Gasteiger partial charge in [-0.25, -0.2) is 13.2 Å². The lowest BCUT2D eigenvalue weighted by molar-refractivity contribution is 0.354. The van der Waals surface area contributed by atoms with Crippen LogP contribution in [0.5, 0.6) is 0 Å². The molecule has 1 aliphatic heterocycles. The minimum Gasteiger partial charge on any atom is -0.310 e. The zero-order chi connectivity index (χ0) is 9.42. The van der Waals surface area contributed by atoms with Crippen LogP contribution in [0.3, 0.4) is 0 Å². The summed E-state index contributed by atoms with van der Waals surface area (Å²) in [6, 6.07) is 1.12. The Morgan fingerprint density at radius 1 is 1.15 bits per heavy atom. The van der Waals surface area contributed by atoms with Gasteiger partial charge in [-0.1, -0.05) is 0 Å². The molecule has 1 nitrogen and oxygen atoms in total. The lowest BCUT2D eigenvalue weighted by Gasteiger charge is -2.28. The Hall–Kier alpha value is -1.03. The van der Waals surface area contributed by atoms with Gasteiger partial charge >= 0.3 is 0 Å². The van der Waals surface area contributed by atoms with Gasteiger partial charge in [0.1, 0.15) is 17.5 Å². The Balaban J connectivity index is 2.43. The molecule has 0 spiro atoms. The molecule has 1 N–H and O–H groups in total. The van der Waals surface area contributed by atoms with Crippen molar-refractivity contribution in [3.63, 3.8) is 0 Å². The highest BCUT2D eigenvalue weighted by atomic mass is 19.1. The molecule has 1 fully saturated rings. The summed E-state index contributed by atoms with van der Waals surface area (Å²) >= 11 is 0. The first-order valence-corrected chi connectivity index (χ1v) is 4.06. The van der Waals surface area contributed by atoms with Crippen molar-refractivity contribution >= 4 is 0 Å². The topological polar surface area (TPSA) is 12.0 Å². The molecule has 0 aliphatic carbocycles. The predicted molar refractivity (Wildman–Crippen MR) is 41.7 cm³/mol. The normalized spacial score (nSPS) is 21.3. The summed E-state index contributed by atoms with van der Waals surface area (Å²) < 4.78 is 38.6. The zero-order valence-electron chi connectivity index (χ0n) is 6.78. The third-order valence-corrected chi connectivity index (χ3v) is 2.22. The van der Waals surface area contributed by atoms with E-state index in [2.05, 4.69) is 5.32 Å². The van der Waals surface area contributed by atoms with Crippen LogP contribution >= 0.6 is 0 Å². The molecule has 1 aromatic rings. The maximum atomic E-state index is 13.1. The van der Waals surface area contributed by atoms with Gasteiger partial charge in [0.15, 0.2) is 0 Å². The van der Waals surface area contributed by atoms with E-state index in [0.717, 1.165) is 6.54 Å². The van der Waals surface area contributed by atoms with Gasteiger partial charge in [0.05, 0.1) is 0 Å². The number of hydrogen-bond donors (Lipinski definition) is 1. The highest BCUT2D eigenvalue weighted by molar-refractivity contribution is 5.25. The number of hydrogen-bond acceptors (Lipinski definition) is 1. The Bertz CT molecular complexity index is 311. The fourth-order valence-corrected chi connectivity index (χ4v) is 1.42. The Morgan fingerprint density at radius 2 is 1.69 bits per heavy atom. The molecule has 70 valence electrons. The van der Waals surface area contributed by atoms with Gasteiger partial charge in [-0.2, -0.15) is 0 Å². The first kappa shape index (κ1) is 8.56. The van der Waals surface area contributed by atoms with E-state index < -0.39 is 17.5 Å². The smallest absolute Gasteiger partial charge is 0.133 e. The van der Waals surface area contributed by atoms with Crippen molar-refractivity contribution in [2.24, 2.45) is 0 Å². The number of halogens is 3.